The quantitative estimate of drug-likeness (QED) is 0.474. The van der Waals surface area contributed by atoms with E-state index in [1.54, 1.807) is 25.5 Å². The fourth-order valence-electron chi connectivity index (χ4n) is 2.37. The molecule has 0 radical (unpaired) electrons. The fraction of sp³-hybridized carbons (Fsp3) is 0.100. The molecular formula is C20H20N4O. The third-order valence-corrected chi connectivity index (χ3v) is 3.71. The number of H-pyrrole nitrogens is 1. The van der Waals surface area contributed by atoms with Gasteiger partial charge in [-0.25, -0.2) is 4.98 Å². The molecule has 5 nitrogen and oxygen atoms in total. The third kappa shape index (κ3) is 4.57. The van der Waals surface area contributed by atoms with E-state index >= 15 is 0 Å². The van der Waals surface area contributed by atoms with Crippen LogP contribution in [-0.4, -0.2) is 22.9 Å². The molecule has 1 aromatic heterocycles. The molecule has 0 aliphatic rings. The number of methoxy groups -OCH3 is 1. The Morgan fingerprint density at radius 2 is 2.04 bits per heavy atom. The Morgan fingerprint density at radius 3 is 2.84 bits per heavy atom. The van der Waals surface area contributed by atoms with Crippen molar-refractivity contribution < 1.29 is 4.74 Å². The summed E-state index contributed by atoms with van der Waals surface area (Å²) in [6.45, 7) is 0.622. The van der Waals surface area contributed by atoms with Crippen molar-refractivity contribution in [2.24, 2.45) is 0 Å². The molecule has 0 spiro atoms. The molecule has 0 amide bonds. The molecule has 126 valence electrons. The summed E-state index contributed by atoms with van der Waals surface area (Å²) < 4.78 is 5.24. The first-order valence-electron chi connectivity index (χ1n) is 7.98. The van der Waals surface area contributed by atoms with E-state index in [0.717, 1.165) is 22.6 Å². The highest BCUT2D eigenvalue weighted by atomic mass is 16.5. The summed E-state index contributed by atoms with van der Waals surface area (Å²) in [6.07, 6.45) is 5.25. The number of nitrogens with one attached hydrogen (secondary N) is 3. The van der Waals surface area contributed by atoms with Crippen LogP contribution in [0.15, 0.2) is 66.9 Å². The monoisotopic (exact) mass is 332 g/mol. The molecule has 0 saturated heterocycles. The minimum absolute atomic E-state index is 0.336. The van der Waals surface area contributed by atoms with E-state index < -0.39 is 0 Å². The molecule has 3 aromatic rings. The second-order valence-electron chi connectivity index (χ2n) is 5.50. The first kappa shape index (κ1) is 16.5. The highest BCUT2D eigenvalue weighted by Gasteiger charge is 2.03. The molecule has 0 aliphatic heterocycles. The van der Waals surface area contributed by atoms with Crippen molar-refractivity contribution in [2.75, 3.05) is 7.11 Å². The number of hydrogen-bond donors (Lipinski definition) is 3. The summed E-state index contributed by atoms with van der Waals surface area (Å²) in [5, 5.41) is 11.0. The van der Waals surface area contributed by atoms with Crippen LogP contribution in [0.3, 0.4) is 0 Å². The Kier molecular flexibility index (Phi) is 5.26. The van der Waals surface area contributed by atoms with Gasteiger partial charge in [0.15, 0.2) is 0 Å². The van der Waals surface area contributed by atoms with E-state index in [9.17, 15) is 0 Å². The lowest BCUT2D eigenvalue weighted by Gasteiger charge is -2.03. The molecule has 2 aromatic carbocycles. The maximum absolute atomic E-state index is 7.96. The van der Waals surface area contributed by atoms with Crippen LogP contribution in [0.1, 0.15) is 11.4 Å². The average Bonchev–Trinajstić information content (AvgIpc) is 3.15. The second kappa shape index (κ2) is 7.97. The number of imidazole rings is 1. The van der Waals surface area contributed by atoms with Crippen LogP contribution in [0.2, 0.25) is 0 Å². The van der Waals surface area contributed by atoms with E-state index in [2.05, 4.69) is 15.3 Å². The first-order valence-corrected chi connectivity index (χ1v) is 7.98. The van der Waals surface area contributed by atoms with Crippen molar-refractivity contribution in [1.29, 1.82) is 5.41 Å². The number of amidine groups is 1. The maximum Gasteiger partial charge on any atom is 0.130 e. The van der Waals surface area contributed by atoms with E-state index in [0.29, 0.717) is 18.2 Å². The summed E-state index contributed by atoms with van der Waals surface area (Å²) in [5.41, 5.74) is 3.05. The van der Waals surface area contributed by atoms with Gasteiger partial charge in [-0.15, -0.1) is 0 Å². The zero-order valence-electron chi connectivity index (χ0n) is 14.0. The lowest BCUT2D eigenvalue weighted by atomic mass is 10.1. The molecule has 0 bridgehead atoms. The van der Waals surface area contributed by atoms with Crippen molar-refractivity contribution in [1.82, 2.24) is 15.3 Å². The van der Waals surface area contributed by atoms with Crippen molar-refractivity contribution in [3.8, 4) is 17.0 Å². The predicted octanol–water partition coefficient (Wildman–Crippen LogP) is 3.87. The van der Waals surface area contributed by atoms with E-state index in [1.807, 2.05) is 54.6 Å². The Hall–Kier alpha value is -3.34. The zero-order valence-corrected chi connectivity index (χ0v) is 14.0. The Morgan fingerprint density at radius 1 is 1.20 bits per heavy atom. The van der Waals surface area contributed by atoms with Crippen molar-refractivity contribution >= 4 is 11.9 Å². The van der Waals surface area contributed by atoms with Gasteiger partial charge in [-0.2, -0.15) is 0 Å². The first-order chi connectivity index (χ1) is 12.2. The van der Waals surface area contributed by atoms with Gasteiger partial charge in [0.25, 0.3) is 0 Å². The van der Waals surface area contributed by atoms with Gasteiger partial charge in [0.1, 0.15) is 17.4 Å². The third-order valence-electron chi connectivity index (χ3n) is 3.71. The molecular weight excluding hydrogens is 312 g/mol. The van der Waals surface area contributed by atoms with Gasteiger partial charge in [-0.3, -0.25) is 5.41 Å². The summed E-state index contributed by atoms with van der Waals surface area (Å²) in [6, 6.07) is 17.8. The summed E-state index contributed by atoms with van der Waals surface area (Å²) in [5.74, 6) is 1.84. The lowest BCUT2D eigenvalue weighted by molar-refractivity contribution is 0.415. The molecule has 0 unspecified atom stereocenters. The topological polar surface area (TPSA) is 73.8 Å². The summed E-state index contributed by atoms with van der Waals surface area (Å²) in [7, 11) is 1.65. The van der Waals surface area contributed by atoms with Gasteiger partial charge in [-0.05, 0) is 29.8 Å². The van der Waals surface area contributed by atoms with Crippen LogP contribution in [0.5, 0.6) is 5.75 Å². The number of aromatic nitrogens is 2. The summed E-state index contributed by atoms with van der Waals surface area (Å²) >= 11 is 0. The lowest BCUT2D eigenvalue weighted by Crippen LogP contribution is -2.19. The van der Waals surface area contributed by atoms with Gasteiger partial charge in [-0.1, -0.05) is 42.5 Å². The van der Waals surface area contributed by atoms with E-state index in [-0.39, 0.29) is 0 Å². The molecule has 0 saturated carbocycles. The van der Waals surface area contributed by atoms with Crippen LogP contribution in [0.4, 0.5) is 0 Å². The van der Waals surface area contributed by atoms with Crippen LogP contribution in [-0.2, 0) is 6.54 Å². The van der Waals surface area contributed by atoms with Crippen LogP contribution >= 0.6 is 0 Å². The molecule has 1 heterocycles. The van der Waals surface area contributed by atoms with E-state index in [4.69, 9.17) is 10.1 Å². The molecule has 25 heavy (non-hydrogen) atoms. The number of nitrogens with zero attached hydrogens (tertiary/aromatic N) is 1. The number of rotatable bonds is 6. The molecule has 3 N–H and O–H groups in total. The molecule has 0 fully saturated rings. The van der Waals surface area contributed by atoms with Gasteiger partial charge < -0.3 is 15.0 Å². The van der Waals surface area contributed by atoms with Crippen LogP contribution < -0.4 is 10.1 Å². The molecule has 5 heteroatoms. The minimum Gasteiger partial charge on any atom is -0.497 e. The van der Waals surface area contributed by atoms with Crippen LogP contribution in [0, 0.1) is 5.41 Å². The van der Waals surface area contributed by atoms with Gasteiger partial charge >= 0.3 is 0 Å². The van der Waals surface area contributed by atoms with Gasteiger partial charge in [0, 0.05) is 12.1 Å². The van der Waals surface area contributed by atoms with Gasteiger partial charge in [0.2, 0.25) is 0 Å². The normalized spacial score (nSPS) is 10.8. The summed E-state index contributed by atoms with van der Waals surface area (Å²) in [4.78, 5) is 7.56. The van der Waals surface area contributed by atoms with Crippen molar-refractivity contribution in [3.63, 3.8) is 0 Å². The highest BCUT2D eigenvalue weighted by molar-refractivity contribution is 5.93. The second-order valence-corrected chi connectivity index (χ2v) is 5.50. The fourth-order valence-corrected chi connectivity index (χ4v) is 2.37. The number of hydrogen-bond acceptors (Lipinski definition) is 3. The van der Waals surface area contributed by atoms with E-state index in [1.165, 1.54) is 0 Å². The largest absolute Gasteiger partial charge is 0.497 e. The average molecular weight is 332 g/mol. The number of ether oxygens (including phenoxy) is 1. The molecule has 3 rings (SSSR count). The standard InChI is InChI=1S/C20H20N4O/c1-25-17-9-5-8-16(12-17)18-14-23-20(24-18)11-10-19(21)22-13-15-6-3-2-4-7-15/h2-12,14H,13H2,1H3,(H2,21,22)(H,23,24)/b11-10-. The number of aromatic amines is 1. The molecule has 0 atom stereocenters. The Balaban J connectivity index is 1.60. The smallest absolute Gasteiger partial charge is 0.130 e. The highest BCUT2D eigenvalue weighted by Crippen LogP contribution is 2.22. The predicted molar refractivity (Wildman–Crippen MR) is 101 cm³/mol. The number of benzene rings is 2. The van der Waals surface area contributed by atoms with Crippen molar-refractivity contribution in [3.05, 3.63) is 78.3 Å². The minimum atomic E-state index is 0.336. The molecule has 0 aliphatic carbocycles. The maximum atomic E-state index is 7.96. The SMILES string of the molecule is COc1cccc(-c2cnc(/C=C\C(=N)NCc3ccccc3)[nH]2)c1. The Labute approximate surface area is 146 Å². The van der Waals surface area contributed by atoms with Crippen LogP contribution in [0.25, 0.3) is 17.3 Å². The van der Waals surface area contributed by atoms with Gasteiger partial charge in [0.05, 0.1) is 19.0 Å². The zero-order chi connectivity index (χ0) is 17.5. The Bertz CT molecular complexity index is 868. The van der Waals surface area contributed by atoms with Crippen molar-refractivity contribution in [2.45, 2.75) is 6.54 Å².